The normalized spacial score (nSPS) is 12.1. The van der Waals surface area contributed by atoms with Crippen molar-refractivity contribution in [2.75, 3.05) is 26.2 Å². The fraction of sp³-hybridized carbons (Fsp3) is 0.421. The second-order valence-electron chi connectivity index (χ2n) is 6.72. The largest absolute Gasteiger partial charge is 0.463 e. The Hall–Kier alpha value is -2.59. The summed E-state index contributed by atoms with van der Waals surface area (Å²) in [5.74, 6) is -0.502. The fourth-order valence-electron chi connectivity index (χ4n) is 3.12. The van der Waals surface area contributed by atoms with Crippen molar-refractivity contribution in [3.05, 3.63) is 40.9 Å². The van der Waals surface area contributed by atoms with Crippen molar-refractivity contribution in [1.82, 2.24) is 19.9 Å². The number of nitrogens with one attached hydrogen (secondary N) is 2. The van der Waals surface area contributed by atoms with Gasteiger partial charge in [0.25, 0.3) is 5.91 Å². The smallest absolute Gasteiger partial charge is 0.433 e. The van der Waals surface area contributed by atoms with Crippen molar-refractivity contribution in [3.8, 4) is 11.5 Å². The number of amides is 1. The number of hydrogen-bond donors (Lipinski definition) is 2. The molecule has 3 rings (SSSR count). The molecule has 2 N–H and O–H groups in total. The van der Waals surface area contributed by atoms with E-state index in [0.29, 0.717) is 11.1 Å². The van der Waals surface area contributed by atoms with Gasteiger partial charge in [0.05, 0.1) is 25.9 Å². The number of hydrogen-bond acceptors (Lipinski definition) is 4. The molecule has 3 heterocycles. The van der Waals surface area contributed by atoms with Gasteiger partial charge in [-0.05, 0) is 32.0 Å². The first-order valence-corrected chi connectivity index (χ1v) is 9.96. The number of carbonyl (C=O) groups is 1. The van der Waals surface area contributed by atoms with Crippen LogP contribution in [0.15, 0.2) is 28.9 Å². The van der Waals surface area contributed by atoms with Gasteiger partial charge in [0, 0.05) is 13.0 Å². The first-order chi connectivity index (χ1) is 14.3. The summed E-state index contributed by atoms with van der Waals surface area (Å²) in [4.78, 5) is 18.0. The average molecular weight is 445 g/mol. The third-order valence-electron chi connectivity index (χ3n) is 4.80. The maximum atomic E-state index is 13.6. The number of nitrogens with zero attached hydrogens (tertiary/aromatic N) is 3. The van der Waals surface area contributed by atoms with Gasteiger partial charge in [0.1, 0.15) is 10.7 Å². The lowest BCUT2D eigenvalue weighted by Gasteiger charge is -2.14. The predicted octanol–water partition coefficient (Wildman–Crippen LogP) is 2.71. The summed E-state index contributed by atoms with van der Waals surface area (Å²) >= 11 is 6.21. The molecule has 1 amide bonds. The van der Waals surface area contributed by atoms with Gasteiger partial charge < -0.3 is 14.6 Å². The highest BCUT2D eigenvalue weighted by molar-refractivity contribution is 6.36. The highest BCUT2D eigenvalue weighted by Gasteiger charge is 2.37. The summed E-state index contributed by atoms with van der Waals surface area (Å²) < 4.78 is 46.5. The molecule has 0 bridgehead atoms. The molecule has 0 aliphatic rings. The molecule has 0 aliphatic heterocycles. The van der Waals surface area contributed by atoms with E-state index >= 15 is 0 Å². The third kappa shape index (κ3) is 4.59. The quantitative estimate of drug-likeness (QED) is 0.524. The standard InChI is InChI=1S/C19H21ClF3N5O2/c1-3-27(4-2)9-6-8-24-18(29)16-15(20)17-25-12(13-7-5-10-30-13)11-14(19(21,22)23)28(17)26-16/h5,7,10-11H,3-4,6,8-9H2,1-2H3,(H,24,29)/p+1. The fourth-order valence-corrected chi connectivity index (χ4v) is 3.36. The zero-order valence-corrected chi connectivity index (χ0v) is 17.3. The zero-order chi connectivity index (χ0) is 21.9. The summed E-state index contributed by atoms with van der Waals surface area (Å²) in [6.07, 6.45) is -2.69. The van der Waals surface area contributed by atoms with E-state index in [1.165, 1.54) is 23.3 Å². The van der Waals surface area contributed by atoms with Gasteiger partial charge in [-0.1, -0.05) is 11.6 Å². The maximum absolute atomic E-state index is 13.6. The van der Waals surface area contributed by atoms with E-state index in [9.17, 15) is 18.0 Å². The van der Waals surface area contributed by atoms with Crippen molar-refractivity contribution >= 4 is 23.2 Å². The van der Waals surface area contributed by atoms with Crippen LogP contribution in [0.25, 0.3) is 17.1 Å². The van der Waals surface area contributed by atoms with E-state index in [0.717, 1.165) is 32.1 Å². The minimum Gasteiger partial charge on any atom is -0.463 e. The zero-order valence-electron chi connectivity index (χ0n) is 16.5. The van der Waals surface area contributed by atoms with Gasteiger partial charge in [-0.3, -0.25) is 4.79 Å². The molecule has 162 valence electrons. The average Bonchev–Trinajstić information content (AvgIpc) is 3.35. The number of carbonyl (C=O) groups excluding carboxylic acids is 1. The van der Waals surface area contributed by atoms with E-state index in [1.807, 2.05) is 0 Å². The Morgan fingerprint density at radius 1 is 1.33 bits per heavy atom. The van der Waals surface area contributed by atoms with Gasteiger partial charge in [0.15, 0.2) is 22.8 Å². The van der Waals surface area contributed by atoms with E-state index in [4.69, 9.17) is 16.0 Å². The van der Waals surface area contributed by atoms with E-state index < -0.39 is 17.8 Å². The molecule has 0 unspecified atom stereocenters. The van der Waals surface area contributed by atoms with Crippen molar-refractivity contribution in [3.63, 3.8) is 0 Å². The Balaban J connectivity index is 1.90. The van der Waals surface area contributed by atoms with Crippen LogP contribution in [-0.2, 0) is 6.18 Å². The Bertz CT molecular complexity index is 1010. The Kier molecular flexibility index (Phi) is 6.67. The van der Waals surface area contributed by atoms with Crippen LogP contribution in [-0.4, -0.2) is 46.7 Å². The molecule has 3 aromatic heterocycles. The molecule has 0 radical (unpaired) electrons. The van der Waals surface area contributed by atoms with Crippen molar-refractivity contribution in [2.45, 2.75) is 26.4 Å². The van der Waals surface area contributed by atoms with Crippen LogP contribution in [0.5, 0.6) is 0 Å². The van der Waals surface area contributed by atoms with Gasteiger partial charge >= 0.3 is 6.18 Å². The van der Waals surface area contributed by atoms with E-state index in [2.05, 4.69) is 29.2 Å². The molecular weight excluding hydrogens is 423 g/mol. The molecule has 7 nitrogen and oxygen atoms in total. The Morgan fingerprint density at radius 2 is 2.07 bits per heavy atom. The molecular formula is C19H22ClF3N5O2+. The summed E-state index contributed by atoms with van der Waals surface area (Å²) in [6, 6.07) is 3.82. The molecule has 0 fully saturated rings. The molecule has 0 aliphatic carbocycles. The lowest BCUT2D eigenvalue weighted by Crippen LogP contribution is -3.11. The number of rotatable bonds is 8. The molecule has 0 spiro atoms. The van der Waals surface area contributed by atoms with Crippen LogP contribution in [0.3, 0.4) is 0 Å². The minimum absolute atomic E-state index is 0.0595. The molecule has 30 heavy (non-hydrogen) atoms. The van der Waals surface area contributed by atoms with Crippen LogP contribution in [0.2, 0.25) is 5.02 Å². The highest BCUT2D eigenvalue weighted by atomic mass is 35.5. The van der Waals surface area contributed by atoms with Gasteiger partial charge in [-0.2, -0.15) is 18.3 Å². The lowest BCUT2D eigenvalue weighted by molar-refractivity contribution is -0.896. The summed E-state index contributed by atoms with van der Waals surface area (Å²) in [5, 5.41) is 6.22. The molecule has 0 aromatic carbocycles. The Morgan fingerprint density at radius 3 is 2.67 bits per heavy atom. The molecule has 0 atom stereocenters. The Labute approximate surface area is 175 Å². The van der Waals surface area contributed by atoms with Gasteiger partial charge in [-0.25, -0.2) is 9.50 Å². The van der Waals surface area contributed by atoms with Crippen LogP contribution in [0.4, 0.5) is 13.2 Å². The van der Waals surface area contributed by atoms with Crippen molar-refractivity contribution in [1.29, 1.82) is 0 Å². The highest BCUT2D eigenvalue weighted by Crippen LogP contribution is 2.34. The summed E-state index contributed by atoms with van der Waals surface area (Å²) in [7, 11) is 0. The number of furan rings is 1. The SMILES string of the molecule is CC[NH+](CC)CCCNC(=O)c1nn2c(C(F)(F)F)cc(-c3ccco3)nc2c1Cl. The number of halogens is 4. The maximum Gasteiger partial charge on any atom is 0.433 e. The van der Waals surface area contributed by atoms with E-state index in [-0.39, 0.29) is 27.8 Å². The van der Waals surface area contributed by atoms with Crippen LogP contribution in [0, 0.1) is 0 Å². The molecule has 0 saturated carbocycles. The predicted molar refractivity (Wildman–Crippen MR) is 105 cm³/mol. The summed E-state index contributed by atoms with van der Waals surface area (Å²) in [5.41, 5.74) is -1.74. The van der Waals surface area contributed by atoms with E-state index in [1.54, 1.807) is 0 Å². The first kappa shape index (κ1) is 22.1. The van der Waals surface area contributed by atoms with Gasteiger partial charge in [-0.15, -0.1) is 0 Å². The topological polar surface area (TPSA) is 76.9 Å². The minimum atomic E-state index is -4.74. The molecule has 3 aromatic rings. The number of alkyl halides is 3. The number of quaternary nitrogens is 1. The van der Waals surface area contributed by atoms with Crippen LogP contribution >= 0.6 is 11.6 Å². The van der Waals surface area contributed by atoms with Crippen LogP contribution in [0.1, 0.15) is 36.5 Å². The van der Waals surface area contributed by atoms with Crippen LogP contribution < -0.4 is 10.2 Å². The summed E-state index contributed by atoms with van der Waals surface area (Å²) in [6.45, 7) is 7.35. The van der Waals surface area contributed by atoms with Gasteiger partial charge in [0.2, 0.25) is 0 Å². The first-order valence-electron chi connectivity index (χ1n) is 9.58. The number of aromatic nitrogens is 3. The van der Waals surface area contributed by atoms with Crippen molar-refractivity contribution in [2.24, 2.45) is 0 Å². The number of fused-ring (bicyclic) bond motifs is 1. The molecule has 11 heteroatoms. The monoisotopic (exact) mass is 444 g/mol. The lowest BCUT2D eigenvalue weighted by atomic mass is 10.2. The third-order valence-corrected chi connectivity index (χ3v) is 5.15. The second kappa shape index (κ2) is 9.05. The van der Waals surface area contributed by atoms with Crippen molar-refractivity contribution < 1.29 is 27.3 Å². The molecule has 0 saturated heterocycles. The second-order valence-corrected chi connectivity index (χ2v) is 7.09.